The van der Waals surface area contributed by atoms with E-state index in [1.165, 1.54) is 6.20 Å². The summed E-state index contributed by atoms with van der Waals surface area (Å²) >= 11 is 0. The van der Waals surface area contributed by atoms with Crippen molar-refractivity contribution in [1.82, 2.24) is 20.0 Å². The molecule has 132 valence electrons. The Bertz CT molecular complexity index is 564. The molecule has 1 N–H and O–H groups in total. The van der Waals surface area contributed by atoms with E-state index in [1.807, 2.05) is 0 Å². The third kappa shape index (κ3) is 4.16. The van der Waals surface area contributed by atoms with Crippen molar-refractivity contribution in [3.63, 3.8) is 0 Å². The van der Waals surface area contributed by atoms with E-state index in [2.05, 4.69) is 20.5 Å². The van der Waals surface area contributed by atoms with Crippen LogP contribution in [-0.4, -0.2) is 72.7 Å². The largest absolute Gasteiger partial charge is 0.381 e. The Morgan fingerprint density at radius 3 is 2.62 bits per heavy atom. The first-order valence-electron chi connectivity index (χ1n) is 8.36. The molecule has 2 saturated heterocycles. The van der Waals surface area contributed by atoms with Gasteiger partial charge in [0.05, 0.1) is 26.0 Å². The number of nitrogens with zero attached hydrogens (tertiary/aromatic N) is 4. The van der Waals surface area contributed by atoms with Gasteiger partial charge in [-0.05, 0) is 18.0 Å². The summed E-state index contributed by atoms with van der Waals surface area (Å²) in [7, 11) is 0. The van der Waals surface area contributed by atoms with Gasteiger partial charge in [-0.2, -0.15) is 5.10 Å². The lowest BCUT2D eigenvalue weighted by atomic mass is 10.1. The SMILES string of the molecule is O=Nc1cnn(CCN2CCOCC2)c1C(=O)NC1CCOCC1. The highest BCUT2D eigenvalue weighted by Gasteiger charge is 2.24. The van der Waals surface area contributed by atoms with Crippen molar-refractivity contribution < 1.29 is 14.3 Å². The summed E-state index contributed by atoms with van der Waals surface area (Å²) in [6, 6.07) is 0.0633. The number of carbonyl (C=O) groups excluding carboxylic acids is 1. The number of aromatic nitrogens is 2. The number of nitroso groups, excluding NO2 is 1. The van der Waals surface area contributed by atoms with Crippen LogP contribution in [0.5, 0.6) is 0 Å². The molecule has 24 heavy (non-hydrogen) atoms. The van der Waals surface area contributed by atoms with Gasteiger partial charge >= 0.3 is 0 Å². The average molecular weight is 337 g/mol. The van der Waals surface area contributed by atoms with Crippen LogP contribution in [0.1, 0.15) is 23.3 Å². The first-order valence-corrected chi connectivity index (χ1v) is 8.36. The highest BCUT2D eigenvalue weighted by Crippen LogP contribution is 2.19. The zero-order chi connectivity index (χ0) is 16.8. The summed E-state index contributed by atoms with van der Waals surface area (Å²) in [6.07, 6.45) is 2.90. The molecule has 0 spiro atoms. The van der Waals surface area contributed by atoms with Crippen LogP contribution in [0.3, 0.4) is 0 Å². The van der Waals surface area contributed by atoms with Gasteiger partial charge in [0.25, 0.3) is 5.91 Å². The fourth-order valence-electron chi connectivity index (χ4n) is 3.00. The Balaban J connectivity index is 1.64. The number of amides is 1. The molecule has 0 aliphatic carbocycles. The Hall–Kier alpha value is -1.84. The minimum absolute atomic E-state index is 0.0633. The topological polar surface area (TPSA) is 98.0 Å². The molecular weight excluding hydrogens is 314 g/mol. The maximum absolute atomic E-state index is 12.6. The van der Waals surface area contributed by atoms with E-state index in [1.54, 1.807) is 4.68 Å². The Labute approximate surface area is 140 Å². The van der Waals surface area contributed by atoms with Gasteiger partial charge in [0.1, 0.15) is 0 Å². The average Bonchev–Trinajstić information content (AvgIpc) is 3.05. The molecule has 1 aromatic heterocycles. The van der Waals surface area contributed by atoms with E-state index >= 15 is 0 Å². The zero-order valence-corrected chi connectivity index (χ0v) is 13.6. The summed E-state index contributed by atoms with van der Waals surface area (Å²) in [5.74, 6) is -0.295. The van der Waals surface area contributed by atoms with E-state index in [0.29, 0.717) is 19.8 Å². The van der Waals surface area contributed by atoms with Crippen molar-refractivity contribution in [2.75, 3.05) is 46.1 Å². The molecule has 1 aromatic rings. The van der Waals surface area contributed by atoms with Crippen molar-refractivity contribution in [2.45, 2.75) is 25.4 Å². The maximum Gasteiger partial charge on any atom is 0.272 e. The minimum Gasteiger partial charge on any atom is -0.381 e. The van der Waals surface area contributed by atoms with Gasteiger partial charge in [-0.25, -0.2) is 0 Å². The zero-order valence-electron chi connectivity index (χ0n) is 13.6. The van der Waals surface area contributed by atoms with E-state index < -0.39 is 0 Å². The Morgan fingerprint density at radius 1 is 1.21 bits per heavy atom. The predicted octanol–water partition coefficient (Wildman–Crippen LogP) is 0.522. The second-order valence-electron chi connectivity index (χ2n) is 6.01. The number of carbonyl (C=O) groups is 1. The van der Waals surface area contributed by atoms with Gasteiger partial charge in [-0.15, -0.1) is 4.91 Å². The van der Waals surface area contributed by atoms with Crippen LogP contribution in [0.4, 0.5) is 5.69 Å². The van der Waals surface area contributed by atoms with Crippen molar-refractivity contribution in [1.29, 1.82) is 0 Å². The molecule has 0 atom stereocenters. The van der Waals surface area contributed by atoms with Gasteiger partial charge in [0, 0.05) is 38.9 Å². The van der Waals surface area contributed by atoms with Gasteiger partial charge in [0.15, 0.2) is 11.4 Å². The first kappa shape index (κ1) is 17.0. The number of hydrogen-bond donors (Lipinski definition) is 1. The molecule has 3 heterocycles. The van der Waals surface area contributed by atoms with E-state index in [-0.39, 0.29) is 23.3 Å². The molecule has 2 aliphatic rings. The third-order valence-corrected chi connectivity index (χ3v) is 4.42. The summed E-state index contributed by atoms with van der Waals surface area (Å²) in [6.45, 7) is 5.73. The molecule has 0 unspecified atom stereocenters. The van der Waals surface area contributed by atoms with E-state index in [9.17, 15) is 9.70 Å². The summed E-state index contributed by atoms with van der Waals surface area (Å²) in [4.78, 5) is 25.8. The molecule has 0 bridgehead atoms. The quantitative estimate of drug-likeness (QED) is 0.760. The Kier molecular flexibility index (Phi) is 5.89. The number of ether oxygens (including phenoxy) is 2. The molecule has 1 amide bonds. The standard InChI is InChI=1S/C15H23N5O4/c21-15(17-12-1-7-23-8-2-12)14-13(18-22)11-16-20(14)4-3-19-5-9-24-10-6-19/h11-12H,1-10H2,(H,17,21). The van der Waals surface area contributed by atoms with Crippen LogP contribution in [-0.2, 0) is 16.0 Å². The summed E-state index contributed by atoms with van der Waals surface area (Å²) in [5, 5.41) is 10.1. The van der Waals surface area contributed by atoms with Crippen LogP contribution in [0.2, 0.25) is 0 Å². The second-order valence-corrected chi connectivity index (χ2v) is 6.01. The van der Waals surface area contributed by atoms with Crippen LogP contribution in [0.15, 0.2) is 11.4 Å². The molecule has 0 aromatic carbocycles. The van der Waals surface area contributed by atoms with Crippen LogP contribution in [0.25, 0.3) is 0 Å². The minimum atomic E-state index is -0.295. The molecule has 3 rings (SSSR count). The van der Waals surface area contributed by atoms with Crippen LogP contribution < -0.4 is 5.32 Å². The highest BCUT2D eigenvalue weighted by molar-refractivity contribution is 5.97. The van der Waals surface area contributed by atoms with Crippen molar-refractivity contribution in [2.24, 2.45) is 5.18 Å². The lowest BCUT2D eigenvalue weighted by Gasteiger charge is -2.26. The fourth-order valence-corrected chi connectivity index (χ4v) is 3.00. The second kappa shape index (κ2) is 8.32. The molecule has 9 heteroatoms. The molecule has 2 fully saturated rings. The highest BCUT2D eigenvalue weighted by atomic mass is 16.5. The van der Waals surface area contributed by atoms with Gasteiger partial charge < -0.3 is 14.8 Å². The molecule has 0 radical (unpaired) electrons. The third-order valence-electron chi connectivity index (χ3n) is 4.42. The smallest absolute Gasteiger partial charge is 0.272 e. The first-order chi connectivity index (χ1) is 11.8. The molecular formula is C15H23N5O4. The van der Waals surface area contributed by atoms with Gasteiger partial charge in [0.2, 0.25) is 0 Å². The maximum atomic E-state index is 12.6. The van der Waals surface area contributed by atoms with E-state index in [4.69, 9.17) is 9.47 Å². The molecule has 2 aliphatic heterocycles. The Morgan fingerprint density at radius 2 is 1.92 bits per heavy atom. The number of hydrogen-bond acceptors (Lipinski definition) is 7. The summed E-state index contributed by atoms with van der Waals surface area (Å²) < 4.78 is 12.2. The van der Waals surface area contributed by atoms with E-state index in [0.717, 1.165) is 45.7 Å². The molecule has 9 nitrogen and oxygen atoms in total. The van der Waals surface area contributed by atoms with Crippen LogP contribution in [0, 0.1) is 4.91 Å². The predicted molar refractivity (Wildman–Crippen MR) is 86.2 cm³/mol. The van der Waals surface area contributed by atoms with Crippen molar-refractivity contribution in [3.8, 4) is 0 Å². The van der Waals surface area contributed by atoms with Crippen molar-refractivity contribution >= 4 is 11.6 Å². The number of morpholine rings is 1. The van der Waals surface area contributed by atoms with Gasteiger partial charge in [-0.1, -0.05) is 0 Å². The lowest BCUT2D eigenvalue weighted by molar-refractivity contribution is 0.0358. The number of rotatable bonds is 6. The number of nitrogens with one attached hydrogen (secondary N) is 1. The normalized spacial score (nSPS) is 20.0. The van der Waals surface area contributed by atoms with Crippen LogP contribution >= 0.6 is 0 Å². The fraction of sp³-hybridized carbons (Fsp3) is 0.733. The monoisotopic (exact) mass is 337 g/mol. The summed E-state index contributed by atoms with van der Waals surface area (Å²) in [5.41, 5.74) is 0.325. The molecule has 0 saturated carbocycles. The lowest BCUT2D eigenvalue weighted by Crippen LogP contribution is -2.41. The van der Waals surface area contributed by atoms with Crippen molar-refractivity contribution in [3.05, 3.63) is 16.8 Å². The van der Waals surface area contributed by atoms with Gasteiger partial charge in [-0.3, -0.25) is 14.4 Å².